The topological polar surface area (TPSA) is 53.1 Å². The molecule has 0 aromatic carbocycles. The lowest BCUT2D eigenvalue weighted by Gasteiger charge is -2.09. The lowest BCUT2D eigenvalue weighted by molar-refractivity contribution is 0.188. The number of methoxy groups -OCH3 is 1. The first-order valence-electron chi connectivity index (χ1n) is 6.37. The SMILES string of the molecule is CCC(N)Cc1c(C)nn(CCCOC)c1C. The van der Waals surface area contributed by atoms with Gasteiger partial charge in [0.05, 0.1) is 5.69 Å². The molecule has 0 bridgehead atoms. The molecule has 98 valence electrons. The molecule has 1 heterocycles. The van der Waals surface area contributed by atoms with Gasteiger partial charge in [-0.15, -0.1) is 0 Å². The third kappa shape index (κ3) is 3.82. The largest absolute Gasteiger partial charge is 0.385 e. The molecule has 0 amide bonds. The van der Waals surface area contributed by atoms with Crippen LogP contribution >= 0.6 is 0 Å². The standard InChI is InChI=1S/C13H25N3O/c1-5-12(14)9-13-10(2)15-16(11(13)3)7-6-8-17-4/h12H,5-9,14H2,1-4H3. The molecule has 0 aliphatic carbocycles. The minimum Gasteiger partial charge on any atom is -0.385 e. The third-order valence-corrected chi connectivity index (χ3v) is 3.24. The van der Waals surface area contributed by atoms with Crippen LogP contribution in [0, 0.1) is 13.8 Å². The van der Waals surface area contributed by atoms with Crippen LogP contribution in [0.3, 0.4) is 0 Å². The van der Waals surface area contributed by atoms with Gasteiger partial charge in [-0.25, -0.2) is 0 Å². The van der Waals surface area contributed by atoms with Crippen LogP contribution in [-0.2, 0) is 17.7 Å². The first-order valence-corrected chi connectivity index (χ1v) is 6.37. The summed E-state index contributed by atoms with van der Waals surface area (Å²) in [5, 5.41) is 4.57. The van der Waals surface area contributed by atoms with E-state index in [4.69, 9.17) is 10.5 Å². The maximum Gasteiger partial charge on any atom is 0.0629 e. The highest BCUT2D eigenvalue weighted by Crippen LogP contribution is 2.16. The number of rotatable bonds is 7. The molecule has 17 heavy (non-hydrogen) atoms. The molecule has 0 spiro atoms. The van der Waals surface area contributed by atoms with Crippen molar-refractivity contribution in [1.82, 2.24) is 9.78 Å². The predicted octanol–water partition coefficient (Wildman–Crippen LogP) is 1.82. The molecule has 0 fully saturated rings. The van der Waals surface area contributed by atoms with Gasteiger partial charge >= 0.3 is 0 Å². The van der Waals surface area contributed by atoms with E-state index < -0.39 is 0 Å². The highest BCUT2D eigenvalue weighted by molar-refractivity contribution is 5.25. The third-order valence-electron chi connectivity index (χ3n) is 3.24. The summed E-state index contributed by atoms with van der Waals surface area (Å²) in [7, 11) is 1.73. The fourth-order valence-corrected chi connectivity index (χ4v) is 2.01. The Labute approximate surface area is 104 Å². The van der Waals surface area contributed by atoms with E-state index in [1.54, 1.807) is 7.11 Å². The number of nitrogens with zero attached hydrogens (tertiary/aromatic N) is 2. The minimum absolute atomic E-state index is 0.240. The Morgan fingerprint density at radius 1 is 1.41 bits per heavy atom. The maximum absolute atomic E-state index is 6.02. The average Bonchev–Trinajstić information content (AvgIpc) is 2.57. The van der Waals surface area contributed by atoms with Crippen molar-refractivity contribution in [2.45, 2.75) is 52.6 Å². The van der Waals surface area contributed by atoms with Crippen LogP contribution in [-0.4, -0.2) is 29.5 Å². The quantitative estimate of drug-likeness (QED) is 0.738. The van der Waals surface area contributed by atoms with Gasteiger partial charge in [0.15, 0.2) is 0 Å². The number of hydrogen-bond acceptors (Lipinski definition) is 3. The molecule has 0 aliphatic heterocycles. The molecular formula is C13H25N3O. The highest BCUT2D eigenvalue weighted by atomic mass is 16.5. The van der Waals surface area contributed by atoms with Crippen LogP contribution in [0.4, 0.5) is 0 Å². The minimum atomic E-state index is 0.240. The molecular weight excluding hydrogens is 214 g/mol. The Morgan fingerprint density at radius 3 is 2.71 bits per heavy atom. The second kappa shape index (κ2) is 6.77. The summed E-state index contributed by atoms with van der Waals surface area (Å²) in [4.78, 5) is 0. The number of ether oxygens (including phenoxy) is 1. The van der Waals surface area contributed by atoms with Crippen molar-refractivity contribution in [1.29, 1.82) is 0 Å². The second-order valence-electron chi connectivity index (χ2n) is 4.59. The van der Waals surface area contributed by atoms with Gasteiger partial charge in [-0.3, -0.25) is 4.68 Å². The van der Waals surface area contributed by atoms with Crippen LogP contribution < -0.4 is 5.73 Å². The zero-order valence-corrected chi connectivity index (χ0v) is 11.5. The summed E-state index contributed by atoms with van der Waals surface area (Å²) in [5.74, 6) is 0. The Balaban J connectivity index is 2.71. The molecule has 1 atom stereocenters. The molecule has 1 aromatic rings. The maximum atomic E-state index is 6.02. The summed E-state index contributed by atoms with van der Waals surface area (Å²) >= 11 is 0. The van der Waals surface area contributed by atoms with Crippen molar-refractivity contribution in [2.24, 2.45) is 5.73 Å². The molecule has 0 saturated carbocycles. The summed E-state index contributed by atoms with van der Waals surface area (Å²) in [6.07, 6.45) is 2.93. The fraction of sp³-hybridized carbons (Fsp3) is 0.769. The van der Waals surface area contributed by atoms with E-state index in [1.165, 1.54) is 11.3 Å². The number of nitrogens with two attached hydrogens (primary N) is 1. The first kappa shape index (κ1) is 14.2. The van der Waals surface area contributed by atoms with Crippen LogP contribution in [0.1, 0.15) is 36.7 Å². The van der Waals surface area contributed by atoms with Gasteiger partial charge in [0.1, 0.15) is 0 Å². The van der Waals surface area contributed by atoms with Crippen LogP contribution in [0.15, 0.2) is 0 Å². The fourth-order valence-electron chi connectivity index (χ4n) is 2.01. The zero-order valence-electron chi connectivity index (χ0n) is 11.5. The van der Waals surface area contributed by atoms with Crippen LogP contribution in [0.5, 0.6) is 0 Å². The summed E-state index contributed by atoms with van der Waals surface area (Å²) in [6, 6.07) is 0.240. The van der Waals surface area contributed by atoms with Gasteiger partial charge < -0.3 is 10.5 Å². The van der Waals surface area contributed by atoms with Gasteiger partial charge in [-0.05, 0) is 38.7 Å². The highest BCUT2D eigenvalue weighted by Gasteiger charge is 2.13. The molecule has 2 N–H and O–H groups in total. The Kier molecular flexibility index (Phi) is 5.65. The molecule has 0 saturated heterocycles. The Bertz CT molecular complexity index is 347. The molecule has 1 aromatic heterocycles. The summed E-state index contributed by atoms with van der Waals surface area (Å²) < 4.78 is 7.14. The molecule has 0 aliphatic rings. The molecule has 1 unspecified atom stereocenters. The van der Waals surface area contributed by atoms with Crippen molar-refractivity contribution in [3.8, 4) is 0 Å². The first-order chi connectivity index (χ1) is 8.10. The normalized spacial score (nSPS) is 13.0. The van der Waals surface area contributed by atoms with Crippen LogP contribution in [0.2, 0.25) is 0 Å². The average molecular weight is 239 g/mol. The zero-order chi connectivity index (χ0) is 12.8. The predicted molar refractivity (Wildman–Crippen MR) is 70.2 cm³/mol. The van der Waals surface area contributed by atoms with Gasteiger partial charge in [0.25, 0.3) is 0 Å². The van der Waals surface area contributed by atoms with Crippen molar-refractivity contribution in [3.05, 3.63) is 17.0 Å². The van der Waals surface area contributed by atoms with Crippen molar-refractivity contribution < 1.29 is 4.74 Å². The molecule has 4 nitrogen and oxygen atoms in total. The van der Waals surface area contributed by atoms with Crippen molar-refractivity contribution in [2.75, 3.05) is 13.7 Å². The van der Waals surface area contributed by atoms with E-state index in [1.807, 2.05) is 0 Å². The van der Waals surface area contributed by atoms with Crippen LogP contribution in [0.25, 0.3) is 0 Å². The Morgan fingerprint density at radius 2 is 2.12 bits per heavy atom. The smallest absolute Gasteiger partial charge is 0.0629 e. The van der Waals surface area contributed by atoms with E-state index in [0.717, 1.165) is 38.1 Å². The van der Waals surface area contributed by atoms with E-state index in [-0.39, 0.29) is 6.04 Å². The van der Waals surface area contributed by atoms with Gasteiger partial charge in [0, 0.05) is 32.0 Å². The van der Waals surface area contributed by atoms with E-state index in [2.05, 4.69) is 30.6 Å². The van der Waals surface area contributed by atoms with E-state index in [0.29, 0.717) is 0 Å². The van der Waals surface area contributed by atoms with Crippen molar-refractivity contribution >= 4 is 0 Å². The lowest BCUT2D eigenvalue weighted by atomic mass is 10.0. The molecule has 1 rings (SSSR count). The lowest BCUT2D eigenvalue weighted by Crippen LogP contribution is -2.22. The number of aromatic nitrogens is 2. The molecule has 0 radical (unpaired) electrons. The van der Waals surface area contributed by atoms with E-state index in [9.17, 15) is 0 Å². The summed E-state index contributed by atoms with van der Waals surface area (Å²) in [5.41, 5.74) is 9.70. The number of hydrogen-bond donors (Lipinski definition) is 1. The van der Waals surface area contributed by atoms with E-state index >= 15 is 0 Å². The van der Waals surface area contributed by atoms with Gasteiger partial charge in [-0.1, -0.05) is 6.92 Å². The summed E-state index contributed by atoms with van der Waals surface area (Å²) in [6.45, 7) is 8.02. The van der Waals surface area contributed by atoms with Gasteiger partial charge in [-0.2, -0.15) is 5.10 Å². The molecule has 4 heteroatoms. The Hall–Kier alpha value is -0.870. The number of aryl methyl sites for hydroxylation is 2. The van der Waals surface area contributed by atoms with Gasteiger partial charge in [0.2, 0.25) is 0 Å². The second-order valence-corrected chi connectivity index (χ2v) is 4.59. The monoisotopic (exact) mass is 239 g/mol. The van der Waals surface area contributed by atoms with Crippen molar-refractivity contribution in [3.63, 3.8) is 0 Å².